The summed E-state index contributed by atoms with van der Waals surface area (Å²) >= 11 is 0. The van der Waals surface area contributed by atoms with Gasteiger partial charge in [0, 0.05) is 31.9 Å². The van der Waals surface area contributed by atoms with E-state index in [9.17, 15) is 8.42 Å². The first kappa shape index (κ1) is 12.4. The summed E-state index contributed by atoms with van der Waals surface area (Å²) in [6, 6.07) is 7.04. The molecule has 0 aromatic heterocycles. The van der Waals surface area contributed by atoms with Gasteiger partial charge in [0.05, 0.1) is 10.6 Å². The Bertz CT molecular complexity index is 498. The van der Waals surface area contributed by atoms with Crippen LogP contribution in [0.25, 0.3) is 0 Å². The van der Waals surface area contributed by atoms with Crippen LogP contribution in [0.3, 0.4) is 0 Å². The molecule has 0 unspecified atom stereocenters. The summed E-state index contributed by atoms with van der Waals surface area (Å²) in [5, 5.41) is 9.11. The van der Waals surface area contributed by atoms with Crippen LogP contribution >= 0.6 is 0 Å². The highest BCUT2D eigenvalue weighted by atomic mass is 32.2. The van der Waals surface area contributed by atoms with Gasteiger partial charge in [-0.1, -0.05) is 12.1 Å². The van der Waals surface area contributed by atoms with E-state index < -0.39 is 9.84 Å². The molecule has 0 radical (unpaired) electrons. The van der Waals surface area contributed by atoms with Gasteiger partial charge in [0.2, 0.25) is 0 Å². The van der Waals surface area contributed by atoms with Gasteiger partial charge in [0.25, 0.3) is 0 Å². The monoisotopic (exact) mass is 255 g/mol. The van der Waals surface area contributed by atoms with E-state index in [4.69, 9.17) is 5.11 Å². The van der Waals surface area contributed by atoms with E-state index in [1.165, 1.54) is 6.26 Å². The zero-order chi connectivity index (χ0) is 12.5. The predicted molar refractivity (Wildman–Crippen MR) is 67.0 cm³/mol. The van der Waals surface area contributed by atoms with Crippen molar-refractivity contribution in [1.29, 1.82) is 0 Å². The van der Waals surface area contributed by atoms with Crippen molar-refractivity contribution in [3.05, 3.63) is 24.3 Å². The Morgan fingerprint density at radius 3 is 2.71 bits per heavy atom. The molecule has 0 spiro atoms. The minimum Gasteiger partial charge on any atom is -0.396 e. The van der Waals surface area contributed by atoms with Gasteiger partial charge < -0.3 is 10.0 Å². The molecule has 94 valence electrons. The molecule has 0 amide bonds. The lowest BCUT2D eigenvalue weighted by Gasteiger charge is -2.21. The first-order valence-electron chi connectivity index (χ1n) is 5.67. The van der Waals surface area contributed by atoms with Crippen molar-refractivity contribution in [3.8, 4) is 0 Å². The van der Waals surface area contributed by atoms with E-state index in [0.29, 0.717) is 4.90 Å². The van der Waals surface area contributed by atoms with Crippen LogP contribution in [0.15, 0.2) is 29.2 Å². The summed E-state index contributed by atoms with van der Waals surface area (Å²) in [5.74, 6) is 0.252. The first-order valence-corrected chi connectivity index (χ1v) is 7.56. The molecule has 17 heavy (non-hydrogen) atoms. The van der Waals surface area contributed by atoms with Gasteiger partial charge in [0.1, 0.15) is 0 Å². The molecule has 1 fully saturated rings. The third-order valence-electron chi connectivity index (χ3n) is 3.15. The smallest absolute Gasteiger partial charge is 0.177 e. The SMILES string of the molecule is CS(=O)(=O)c1ccccc1N1CC[C@@H](CO)C1. The molecule has 5 heteroatoms. The fraction of sp³-hybridized carbons (Fsp3) is 0.500. The van der Waals surface area contributed by atoms with Crippen LogP contribution in [0.1, 0.15) is 6.42 Å². The van der Waals surface area contributed by atoms with Gasteiger partial charge in [-0.15, -0.1) is 0 Å². The molecule has 0 bridgehead atoms. The summed E-state index contributed by atoms with van der Waals surface area (Å²) in [7, 11) is -3.20. The van der Waals surface area contributed by atoms with Crippen molar-refractivity contribution in [2.24, 2.45) is 5.92 Å². The Kier molecular flexibility index (Phi) is 3.40. The molecule has 1 aromatic carbocycles. The number of anilines is 1. The van der Waals surface area contributed by atoms with Gasteiger partial charge in [-0.3, -0.25) is 0 Å². The second-order valence-electron chi connectivity index (χ2n) is 4.52. The molecule has 1 N–H and O–H groups in total. The molecule has 1 heterocycles. The molecule has 4 nitrogen and oxygen atoms in total. The van der Waals surface area contributed by atoms with E-state index in [0.717, 1.165) is 25.2 Å². The van der Waals surface area contributed by atoms with Crippen molar-refractivity contribution in [1.82, 2.24) is 0 Å². The molecular formula is C12H17NO3S. The molecule has 0 saturated carbocycles. The summed E-state index contributed by atoms with van der Waals surface area (Å²) in [4.78, 5) is 2.41. The zero-order valence-corrected chi connectivity index (χ0v) is 10.7. The fourth-order valence-corrected chi connectivity index (χ4v) is 3.14. The molecule has 1 aliphatic rings. The summed E-state index contributed by atoms with van der Waals surface area (Å²) < 4.78 is 23.4. The summed E-state index contributed by atoms with van der Waals surface area (Å²) in [6.07, 6.45) is 2.14. The lowest BCUT2D eigenvalue weighted by Crippen LogP contribution is -2.22. The maximum absolute atomic E-state index is 11.7. The molecular weight excluding hydrogens is 238 g/mol. The number of aliphatic hydroxyl groups excluding tert-OH is 1. The van der Waals surface area contributed by atoms with E-state index >= 15 is 0 Å². The van der Waals surface area contributed by atoms with Crippen LogP contribution in [-0.4, -0.2) is 39.5 Å². The quantitative estimate of drug-likeness (QED) is 0.872. The summed E-state index contributed by atoms with van der Waals surface area (Å²) in [6.45, 7) is 1.69. The number of para-hydroxylation sites is 1. The van der Waals surface area contributed by atoms with Crippen molar-refractivity contribution in [3.63, 3.8) is 0 Å². The van der Waals surface area contributed by atoms with Crippen molar-refractivity contribution >= 4 is 15.5 Å². The van der Waals surface area contributed by atoms with E-state index in [1.54, 1.807) is 12.1 Å². The number of hydrogen-bond acceptors (Lipinski definition) is 4. The van der Waals surface area contributed by atoms with Crippen LogP contribution in [0.2, 0.25) is 0 Å². The van der Waals surface area contributed by atoms with Crippen molar-refractivity contribution in [2.45, 2.75) is 11.3 Å². The normalized spacial score (nSPS) is 20.8. The van der Waals surface area contributed by atoms with Gasteiger partial charge in [-0.05, 0) is 18.6 Å². The maximum atomic E-state index is 11.7. The Hall–Kier alpha value is -1.07. The van der Waals surface area contributed by atoms with Gasteiger partial charge >= 0.3 is 0 Å². The first-order chi connectivity index (χ1) is 8.02. The highest BCUT2D eigenvalue weighted by Crippen LogP contribution is 2.29. The van der Waals surface area contributed by atoms with Crippen LogP contribution < -0.4 is 4.90 Å². The molecule has 1 atom stereocenters. The average Bonchev–Trinajstić information content (AvgIpc) is 2.76. The van der Waals surface area contributed by atoms with E-state index in [2.05, 4.69) is 0 Å². The number of hydrogen-bond donors (Lipinski definition) is 1. The fourth-order valence-electron chi connectivity index (χ4n) is 2.23. The highest BCUT2D eigenvalue weighted by molar-refractivity contribution is 7.90. The lowest BCUT2D eigenvalue weighted by atomic mass is 10.1. The Morgan fingerprint density at radius 1 is 1.41 bits per heavy atom. The molecule has 1 aromatic rings. The van der Waals surface area contributed by atoms with E-state index in [1.807, 2.05) is 17.0 Å². The number of aliphatic hydroxyl groups is 1. The van der Waals surface area contributed by atoms with Crippen LogP contribution in [0.5, 0.6) is 0 Å². The van der Waals surface area contributed by atoms with Crippen molar-refractivity contribution in [2.75, 3.05) is 30.9 Å². The van der Waals surface area contributed by atoms with Gasteiger partial charge in [0.15, 0.2) is 9.84 Å². The Labute approximate surface area is 102 Å². The van der Waals surface area contributed by atoms with Crippen LogP contribution in [0.4, 0.5) is 5.69 Å². The molecule has 2 rings (SSSR count). The predicted octanol–water partition coefficient (Wildman–Crippen LogP) is 0.909. The van der Waals surface area contributed by atoms with E-state index in [-0.39, 0.29) is 12.5 Å². The highest BCUT2D eigenvalue weighted by Gasteiger charge is 2.25. The Morgan fingerprint density at radius 2 is 2.12 bits per heavy atom. The second kappa shape index (κ2) is 4.66. The van der Waals surface area contributed by atoms with Crippen LogP contribution in [-0.2, 0) is 9.84 Å². The third kappa shape index (κ3) is 2.61. The topological polar surface area (TPSA) is 57.6 Å². The van der Waals surface area contributed by atoms with Crippen molar-refractivity contribution < 1.29 is 13.5 Å². The average molecular weight is 255 g/mol. The number of rotatable bonds is 3. The second-order valence-corrected chi connectivity index (χ2v) is 6.51. The number of benzene rings is 1. The summed E-state index contributed by atoms with van der Waals surface area (Å²) in [5.41, 5.74) is 0.756. The Balaban J connectivity index is 2.34. The molecule has 1 aliphatic heterocycles. The minimum absolute atomic E-state index is 0.164. The lowest BCUT2D eigenvalue weighted by molar-refractivity contribution is 0.238. The maximum Gasteiger partial charge on any atom is 0.177 e. The zero-order valence-electron chi connectivity index (χ0n) is 9.83. The van der Waals surface area contributed by atoms with Crippen LogP contribution in [0, 0.1) is 5.92 Å². The van der Waals surface area contributed by atoms with Gasteiger partial charge in [-0.25, -0.2) is 8.42 Å². The standard InChI is InChI=1S/C12H17NO3S/c1-17(15,16)12-5-3-2-4-11(12)13-7-6-10(8-13)9-14/h2-5,10,14H,6-9H2,1H3/t10-/m1/s1. The largest absolute Gasteiger partial charge is 0.396 e. The molecule has 1 saturated heterocycles. The molecule has 0 aliphatic carbocycles. The van der Waals surface area contributed by atoms with Gasteiger partial charge in [-0.2, -0.15) is 0 Å². The number of sulfone groups is 1. The number of nitrogens with zero attached hydrogens (tertiary/aromatic N) is 1. The minimum atomic E-state index is -3.20. The third-order valence-corrected chi connectivity index (χ3v) is 4.29.